The van der Waals surface area contributed by atoms with Gasteiger partial charge >= 0.3 is 6.09 Å². The molecule has 1 aliphatic rings. The second kappa shape index (κ2) is 8.41. The molecule has 2 N–H and O–H groups in total. The third kappa shape index (κ3) is 4.87. The summed E-state index contributed by atoms with van der Waals surface area (Å²) in [7, 11) is -3.96. The largest absolute Gasteiger partial charge is 0.445 e. The molecule has 2 amide bonds. The van der Waals surface area contributed by atoms with Crippen LogP contribution in [-0.4, -0.2) is 39.1 Å². The second-order valence-electron chi connectivity index (χ2n) is 6.35. The van der Waals surface area contributed by atoms with E-state index in [1.165, 1.54) is 12.1 Å². The molecule has 2 atom stereocenters. The molecule has 0 unspecified atom stereocenters. The van der Waals surface area contributed by atoms with E-state index in [9.17, 15) is 18.0 Å². The number of benzene rings is 2. The normalized spacial score (nSPS) is 18.7. The van der Waals surface area contributed by atoms with Crippen LogP contribution in [0.25, 0.3) is 0 Å². The van der Waals surface area contributed by atoms with E-state index in [2.05, 4.69) is 10.6 Å². The lowest BCUT2D eigenvalue weighted by molar-refractivity contribution is -0.132. The van der Waals surface area contributed by atoms with Gasteiger partial charge in [0.2, 0.25) is 5.91 Å². The minimum atomic E-state index is -3.96. The van der Waals surface area contributed by atoms with Crippen molar-refractivity contribution in [2.24, 2.45) is 0 Å². The highest BCUT2D eigenvalue weighted by molar-refractivity contribution is 7.86. The molecule has 3 rings (SSSR count). The standard InChI is InChI=1S/C19H20N2O6S/c1-13-7-9-15(10-8-13)28(24,25)27-12-16-17(18(22)20-16)21-19(23)26-11-14-5-3-2-4-6-14/h2-10,16-17H,11-12H2,1H3,(H,20,22)(H,21,23)/t16-,17+/m1/s1. The van der Waals surface area contributed by atoms with E-state index in [4.69, 9.17) is 8.92 Å². The maximum absolute atomic E-state index is 12.2. The van der Waals surface area contributed by atoms with Crippen LogP contribution in [-0.2, 0) is 30.4 Å². The molecule has 2 aromatic rings. The molecule has 0 aromatic heterocycles. The summed E-state index contributed by atoms with van der Waals surface area (Å²) in [5.74, 6) is -0.432. The van der Waals surface area contributed by atoms with Crippen molar-refractivity contribution in [3.05, 3.63) is 65.7 Å². The molecule has 1 fully saturated rings. The summed E-state index contributed by atoms with van der Waals surface area (Å²) in [6.45, 7) is 1.60. The Bertz CT molecular complexity index is 944. The number of amides is 2. The van der Waals surface area contributed by atoms with Crippen LogP contribution in [0.4, 0.5) is 4.79 Å². The van der Waals surface area contributed by atoms with Gasteiger partial charge in [0.1, 0.15) is 12.6 Å². The Morgan fingerprint density at radius 3 is 2.43 bits per heavy atom. The van der Waals surface area contributed by atoms with Gasteiger partial charge in [-0.2, -0.15) is 8.42 Å². The molecule has 0 aliphatic carbocycles. The van der Waals surface area contributed by atoms with E-state index in [0.29, 0.717) is 0 Å². The van der Waals surface area contributed by atoms with Crippen LogP contribution in [0.3, 0.4) is 0 Å². The number of aryl methyl sites for hydroxylation is 1. The summed E-state index contributed by atoms with van der Waals surface area (Å²) in [6, 6.07) is 13.7. The molecule has 0 saturated carbocycles. The number of hydrogen-bond donors (Lipinski definition) is 2. The predicted octanol–water partition coefficient (Wildman–Crippen LogP) is 1.49. The number of rotatable bonds is 7. The van der Waals surface area contributed by atoms with Crippen molar-refractivity contribution in [3.63, 3.8) is 0 Å². The summed E-state index contributed by atoms with van der Waals surface area (Å²) in [5.41, 5.74) is 1.73. The maximum atomic E-state index is 12.2. The second-order valence-corrected chi connectivity index (χ2v) is 7.97. The van der Waals surface area contributed by atoms with E-state index in [1.54, 1.807) is 24.3 Å². The van der Waals surface area contributed by atoms with Crippen molar-refractivity contribution in [1.82, 2.24) is 10.6 Å². The van der Waals surface area contributed by atoms with Crippen LogP contribution < -0.4 is 10.6 Å². The van der Waals surface area contributed by atoms with Crippen LogP contribution in [0, 0.1) is 6.92 Å². The zero-order valence-corrected chi connectivity index (χ0v) is 15.9. The van der Waals surface area contributed by atoms with Gasteiger partial charge in [-0.1, -0.05) is 48.0 Å². The lowest BCUT2D eigenvalue weighted by Gasteiger charge is -2.36. The Hall–Kier alpha value is -2.91. The van der Waals surface area contributed by atoms with Gasteiger partial charge in [0.05, 0.1) is 17.5 Å². The SMILES string of the molecule is Cc1ccc(S(=O)(=O)OC[C@H]2NC(=O)[C@H]2NC(=O)OCc2ccccc2)cc1. The Balaban J connectivity index is 1.50. The Labute approximate surface area is 163 Å². The minimum Gasteiger partial charge on any atom is -0.445 e. The zero-order valence-electron chi connectivity index (χ0n) is 15.1. The lowest BCUT2D eigenvalue weighted by Crippen LogP contribution is -2.70. The van der Waals surface area contributed by atoms with Crippen LogP contribution >= 0.6 is 0 Å². The molecular weight excluding hydrogens is 384 g/mol. The first-order valence-electron chi connectivity index (χ1n) is 8.59. The van der Waals surface area contributed by atoms with Gasteiger partial charge in [-0.05, 0) is 24.6 Å². The molecule has 0 bridgehead atoms. The third-order valence-electron chi connectivity index (χ3n) is 4.21. The number of nitrogens with one attached hydrogen (secondary N) is 2. The molecule has 28 heavy (non-hydrogen) atoms. The van der Waals surface area contributed by atoms with Gasteiger partial charge in [0, 0.05) is 0 Å². The average molecular weight is 404 g/mol. The summed E-state index contributed by atoms with van der Waals surface area (Å²) in [4.78, 5) is 23.6. The van der Waals surface area contributed by atoms with Gasteiger partial charge < -0.3 is 15.4 Å². The average Bonchev–Trinajstić information content (AvgIpc) is 2.69. The number of carbonyl (C=O) groups is 2. The van der Waals surface area contributed by atoms with Crippen molar-refractivity contribution in [2.45, 2.75) is 30.5 Å². The number of alkyl carbamates (subject to hydrolysis) is 1. The topological polar surface area (TPSA) is 111 Å². The fraction of sp³-hybridized carbons (Fsp3) is 0.263. The third-order valence-corrected chi connectivity index (χ3v) is 5.51. The lowest BCUT2D eigenvalue weighted by atomic mass is 10.0. The predicted molar refractivity (Wildman–Crippen MR) is 99.8 cm³/mol. The highest BCUT2D eigenvalue weighted by Gasteiger charge is 2.41. The fourth-order valence-electron chi connectivity index (χ4n) is 2.57. The van der Waals surface area contributed by atoms with Crippen molar-refractivity contribution in [1.29, 1.82) is 0 Å². The molecule has 1 aliphatic heterocycles. The van der Waals surface area contributed by atoms with E-state index < -0.39 is 34.2 Å². The molecule has 8 nitrogen and oxygen atoms in total. The molecule has 2 aromatic carbocycles. The van der Waals surface area contributed by atoms with Crippen LogP contribution in [0.15, 0.2) is 59.5 Å². The van der Waals surface area contributed by atoms with Gasteiger partial charge in [-0.15, -0.1) is 0 Å². The van der Waals surface area contributed by atoms with Crippen molar-refractivity contribution in [2.75, 3.05) is 6.61 Å². The van der Waals surface area contributed by atoms with Crippen LogP contribution in [0.5, 0.6) is 0 Å². The van der Waals surface area contributed by atoms with Gasteiger partial charge in [0.15, 0.2) is 0 Å². The first kappa shape index (κ1) is 19.8. The highest BCUT2D eigenvalue weighted by Crippen LogP contribution is 2.16. The van der Waals surface area contributed by atoms with Crippen LogP contribution in [0.2, 0.25) is 0 Å². The first-order valence-corrected chi connectivity index (χ1v) is 10.00. The Morgan fingerprint density at radius 1 is 1.11 bits per heavy atom. The van der Waals surface area contributed by atoms with E-state index in [-0.39, 0.29) is 18.1 Å². The van der Waals surface area contributed by atoms with Gasteiger partial charge in [-0.3, -0.25) is 8.98 Å². The van der Waals surface area contributed by atoms with E-state index >= 15 is 0 Å². The zero-order chi connectivity index (χ0) is 20.1. The van der Waals surface area contributed by atoms with Crippen molar-refractivity contribution < 1.29 is 26.9 Å². The molecule has 1 heterocycles. The molecule has 0 radical (unpaired) electrons. The van der Waals surface area contributed by atoms with Crippen molar-refractivity contribution >= 4 is 22.1 Å². The van der Waals surface area contributed by atoms with E-state index in [0.717, 1.165) is 11.1 Å². The monoisotopic (exact) mass is 404 g/mol. The Morgan fingerprint density at radius 2 is 1.79 bits per heavy atom. The van der Waals surface area contributed by atoms with E-state index in [1.807, 2.05) is 25.1 Å². The number of β-lactam (4-membered cyclic amide) rings is 1. The molecule has 9 heteroatoms. The summed E-state index contributed by atoms with van der Waals surface area (Å²) < 4.78 is 34.5. The summed E-state index contributed by atoms with van der Waals surface area (Å²) >= 11 is 0. The number of ether oxygens (including phenoxy) is 1. The smallest absolute Gasteiger partial charge is 0.408 e. The first-order chi connectivity index (χ1) is 13.3. The molecular formula is C19H20N2O6S. The van der Waals surface area contributed by atoms with Crippen molar-refractivity contribution in [3.8, 4) is 0 Å². The maximum Gasteiger partial charge on any atom is 0.408 e. The Kier molecular flexibility index (Phi) is 5.96. The molecule has 1 saturated heterocycles. The minimum absolute atomic E-state index is 0.0236. The molecule has 148 valence electrons. The number of carbonyl (C=O) groups excluding carboxylic acids is 2. The van der Waals surface area contributed by atoms with Gasteiger partial charge in [0.25, 0.3) is 10.1 Å². The fourth-order valence-corrected chi connectivity index (χ4v) is 3.51. The summed E-state index contributed by atoms with van der Waals surface area (Å²) in [6.07, 6.45) is -0.768. The van der Waals surface area contributed by atoms with Crippen LogP contribution in [0.1, 0.15) is 11.1 Å². The molecule has 0 spiro atoms. The highest BCUT2D eigenvalue weighted by atomic mass is 32.2. The summed E-state index contributed by atoms with van der Waals surface area (Å²) in [5, 5.41) is 4.93. The quantitative estimate of drug-likeness (QED) is 0.534. The van der Waals surface area contributed by atoms with Gasteiger partial charge in [-0.25, -0.2) is 4.79 Å². The number of hydrogen-bond acceptors (Lipinski definition) is 6.